The number of hydrogen-bond acceptors (Lipinski definition) is 3. The maximum Gasteiger partial charge on any atom is 0.311 e. The van der Waals surface area contributed by atoms with Gasteiger partial charge in [0.05, 0.1) is 23.7 Å². The van der Waals surface area contributed by atoms with Gasteiger partial charge in [0.2, 0.25) is 0 Å². The molecule has 136 valence electrons. The molecule has 3 nitrogen and oxygen atoms in total. The molecule has 0 aromatic carbocycles. The molecule has 3 aliphatic rings. The molecule has 1 heterocycles. The van der Waals surface area contributed by atoms with Crippen molar-refractivity contribution in [3.63, 3.8) is 0 Å². The molecule has 3 fully saturated rings. The predicted molar refractivity (Wildman–Crippen MR) is 95.6 cm³/mol. The number of hydrogen-bond donors (Lipinski definition) is 0. The Bertz CT molecular complexity index is 543. The van der Waals surface area contributed by atoms with Gasteiger partial charge >= 0.3 is 5.97 Å². The molecule has 0 unspecified atom stereocenters. The summed E-state index contributed by atoms with van der Waals surface area (Å²) in [6, 6.07) is 0. The minimum absolute atomic E-state index is 0.0188. The number of rotatable bonds is 2. The van der Waals surface area contributed by atoms with Gasteiger partial charge in [-0.15, -0.1) is 6.58 Å². The van der Waals surface area contributed by atoms with Gasteiger partial charge in [0.15, 0.2) is 0 Å². The van der Waals surface area contributed by atoms with Gasteiger partial charge in [-0.2, -0.15) is 0 Å². The first kappa shape index (κ1) is 18.0. The standard InChI is InChI=1S/C21H34O3/c1-7-18(2)13-9-16-19(3)11-8-12-20(4,17(22)23-6)15(19)10-14-21(16,5)24-18/h7,15-16H,1,8-14H2,2-6H3/t15-,16-,18-,19+,20+,21-/m1/s1. The first-order valence-corrected chi connectivity index (χ1v) is 9.56. The van der Waals surface area contributed by atoms with Crippen LogP contribution in [0.15, 0.2) is 12.7 Å². The van der Waals surface area contributed by atoms with Crippen LogP contribution in [0.3, 0.4) is 0 Å². The van der Waals surface area contributed by atoms with E-state index in [1.165, 1.54) is 13.5 Å². The smallest absolute Gasteiger partial charge is 0.311 e. The summed E-state index contributed by atoms with van der Waals surface area (Å²) >= 11 is 0. The van der Waals surface area contributed by atoms with E-state index in [1.807, 2.05) is 6.08 Å². The fourth-order valence-corrected chi connectivity index (χ4v) is 6.67. The zero-order valence-corrected chi connectivity index (χ0v) is 16.1. The summed E-state index contributed by atoms with van der Waals surface area (Å²) in [7, 11) is 1.53. The van der Waals surface area contributed by atoms with Crippen molar-refractivity contribution in [3.8, 4) is 0 Å². The van der Waals surface area contributed by atoms with Crippen molar-refractivity contribution >= 4 is 5.97 Å². The van der Waals surface area contributed by atoms with Gasteiger partial charge in [0.25, 0.3) is 0 Å². The van der Waals surface area contributed by atoms with E-state index in [1.54, 1.807) is 0 Å². The molecular weight excluding hydrogens is 300 g/mol. The van der Waals surface area contributed by atoms with Crippen LogP contribution < -0.4 is 0 Å². The molecule has 3 rings (SSSR count). The van der Waals surface area contributed by atoms with Crippen LogP contribution in [-0.2, 0) is 14.3 Å². The highest BCUT2D eigenvalue weighted by atomic mass is 16.5. The van der Waals surface area contributed by atoms with Crippen LogP contribution in [0.25, 0.3) is 0 Å². The van der Waals surface area contributed by atoms with E-state index in [2.05, 4.69) is 34.3 Å². The van der Waals surface area contributed by atoms with Crippen molar-refractivity contribution in [2.75, 3.05) is 7.11 Å². The summed E-state index contributed by atoms with van der Waals surface area (Å²) in [6.07, 6.45) is 9.47. The topological polar surface area (TPSA) is 35.5 Å². The van der Waals surface area contributed by atoms with Crippen LogP contribution in [0.2, 0.25) is 0 Å². The fourth-order valence-electron chi connectivity index (χ4n) is 6.67. The van der Waals surface area contributed by atoms with Crippen LogP contribution in [0.1, 0.15) is 72.6 Å². The highest BCUT2D eigenvalue weighted by Gasteiger charge is 2.63. The number of fused-ring (bicyclic) bond motifs is 3. The minimum atomic E-state index is -0.345. The first-order valence-electron chi connectivity index (χ1n) is 9.56. The third-order valence-corrected chi connectivity index (χ3v) is 7.92. The fraction of sp³-hybridized carbons (Fsp3) is 0.857. The van der Waals surface area contributed by atoms with Crippen molar-refractivity contribution in [2.24, 2.45) is 22.7 Å². The number of ether oxygens (including phenoxy) is 2. The summed E-state index contributed by atoms with van der Waals surface area (Å²) in [5.74, 6) is 0.872. The molecule has 0 amide bonds. The van der Waals surface area contributed by atoms with Crippen LogP contribution >= 0.6 is 0 Å². The summed E-state index contributed by atoms with van der Waals surface area (Å²) < 4.78 is 11.9. The summed E-state index contributed by atoms with van der Waals surface area (Å²) in [6.45, 7) is 13.0. The van der Waals surface area contributed by atoms with E-state index in [-0.39, 0.29) is 28.0 Å². The molecule has 0 aromatic rings. The van der Waals surface area contributed by atoms with Crippen LogP contribution in [0.5, 0.6) is 0 Å². The van der Waals surface area contributed by atoms with Crippen molar-refractivity contribution in [1.82, 2.24) is 0 Å². The van der Waals surface area contributed by atoms with Crippen molar-refractivity contribution in [2.45, 2.75) is 83.8 Å². The quantitative estimate of drug-likeness (QED) is 0.532. The first-order chi connectivity index (χ1) is 11.1. The number of esters is 1. The molecule has 24 heavy (non-hydrogen) atoms. The number of carbonyl (C=O) groups excluding carboxylic acids is 1. The molecular formula is C21H34O3. The average molecular weight is 335 g/mol. The lowest BCUT2D eigenvalue weighted by atomic mass is 9.44. The van der Waals surface area contributed by atoms with Crippen molar-refractivity contribution in [1.29, 1.82) is 0 Å². The summed E-state index contributed by atoms with van der Waals surface area (Å²) in [5, 5.41) is 0. The van der Waals surface area contributed by atoms with Crippen LogP contribution in [0.4, 0.5) is 0 Å². The Balaban J connectivity index is 1.96. The lowest BCUT2D eigenvalue weighted by Gasteiger charge is -2.64. The monoisotopic (exact) mass is 334 g/mol. The molecule has 0 radical (unpaired) electrons. The zero-order valence-electron chi connectivity index (χ0n) is 16.1. The number of carbonyl (C=O) groups is 1. The third kappa shape index (κ3) is 2.38. The lowest BCUT2D eigenvalue weighted by Crippen LogP contribution is -2.63. The van der Waals surface area contributed by atoms with E-state index in [0.29, 0.717) is 11.8 Å². The van der Waals surface area contributed by atoms with Gasteiger partial charge in [-0.1, -0.05) is 19.4 Å². The Labute approximate surface area is 147 Å². The van der Waals surface area contributed by atoms with Gasteiger partial charge < -0.3 is 9.47 Å². The molecule has 2 saturated carbocycles. The Hall–Kier alpha value is -0.830. The predicted octanol–water partition coefficient (Wildman–Crippen LogP) is 4.90. The SMILES string of the molecule is C=C[C@]1(C)CC[C@@H]2[C@@]3(C)CCC[C@](C)(C(=O)OC)[C@@H]3CC[C@@]2(C)O1. The maximum atomic E-state index is 12.6. The van der Waals surface area contributed by atoms with Crippen LogP contribution in [0, 0.1) is 22.7 Å². The number of methoxy groups -OCH3 is 1. The van der Waals surface area contributed by atoms with Gasteiger partial charge in [0, 0.05) is 0 Å². The van der Waals surface area contributed by atoms with E-state index in [4.69, 9.17) is 9.47 Å². The second kappa shape index (κ2) is 5.59. The normalized spacial score (nSPS) is 51.2. The lowest BCUT2D eigenvalue weighted by molar-refractivity contribution is -0.255. The second-order valence-electron chi connectivity index (χ2n) is 9.38. The molecule has 1 aliphatic heterocycles. The summed E-state index contributed by atoms with van der Waals surface area (Å²) in [5.41, 5.74) is -0.519. The zero-order chi connectivity index (χ0) is 17.8. The highest BCUT2D eigenvalue weighted by Crippen LogP contribution is 2.65. The van der Waals surface area contributed by atoms with Crippen molar-refractivity contribution < 1.29 is 14.3 Å². The second-order valence-corrected chi connectivity index (χ2v) is 9.38. The summed E-state index contributed by atoms with van der Waals surface area (Å²) in [4.78, 5) is 12.6. The maximum absolute atomic E-state index is 12.6. The van der Waals surface area contributed by atoms with E-state index in [9.17, 15) is 4.79 Å². The Morgan fingerprint density at radius 2 is 1.75 bits per heavy atom. The Morgan fingerprint density at radius 3 is 2.38 bits per heavy atom. The van der Waals surface area contributed by atoms with Gasteiger partial charge in [-0.3, -0.25) is 4.79 Å². The van der Waals surface area contributed by atoms with E-state index >= 15 is 0 Å². The Kier molecular flexibility index (Phi) is 4.18. The molecule has 0 bridgehead atoms. The highest BCUT2D eigenvalue weighted by molar-refractivity contribution is 5.77. The molecule has 2 aliphatic carbocycles. The van der Waals surface area contributed by atoms with Crippen LogP contribution in [-0.4, -0.2) is 24.3 Å². The minimum Gasteiger partial charge on any atom is -0.469 e. The van der Waals surface area contributed by atoms with Crippen molar-refractivity contribution in [3.05, 3.63) is 12.7 Å². The molecule has 0 N–H and O–H groups in total. The largest absolute Gasteiger partial charge is 0.469 e. The van der Waals surface area contributed by atoms with E-state index in [0.717, 1.165) is 38.5 Å². The molecule has 0 spiro atoms. The molecule has 0 aromatic heterocycles. The van der Waals surface area contributed by atoms with E-state index < -0.39 is 0 Å². The third-order valence-electron chi connectivity index (χ3n) is 7.92. The molecule has 1 saturated heterocycles. The van der Waals surface area contributed by atoms with Gasteiger partial charge in [-0.25, -0.2) is 0 Å². The molecule has 3 heteroatoms. The van der Waals surface area contributed by atoms with Gasteiger partial charge in [-0.05, 0) is 76.5 Å². The average Bonchev–Trinajstić information content (AvgIpc) is 2.52. The van der Waals surface area contributed by atoms with Gasteiger partial charge in [0.1, 0.15) is 0 Å². The Morgan fingerprint density at radius 1 is 1.08 bits per heavy atom. The molecule has 6 atom stereocenters.